The molecule has 2 heterocycles. The molecule has 1 aromatic heterocycles. The summed E-state index contributed by atoms with van der Waals surface area (Å²) in [6, 6.07) is 3.89. The third kappa shape index (κ3) is 9.05. The van der Waals surface area contributed by atoms with Crippen molar-refractivity contribution in [2.45, 2.75) is 69.5 Å². The number of hydrogen-bond acceptors (Lipinski definition) is 10. The molecular weight excluding hydrogens is 540 g/mol. The Labute approximate surface area is 234 Å². The van der Waals surface area contributed by atoms with Crippen LogP contribution in [0.1, 0.15) is 60.0 Å². The van der Waals surface area contributed by atoms with Crippen LogP contribution in [0.3, 0.4) is 0 Å². The van der Waals surface area contributed by atoms with Gasteiger partial charge in [0.15, 0.2) is 0 Å². The molecule has 1 aliphatic rings. The van der Waals surface area contributed by atoms with Crippen LogP contribution in [-0.4, -0.2) is 78.2 Å². The van der Waals surface area contributed by atoms with E-state index in [9.17, 15) is 34.2 Å². The first-order valence-electron chi connectivity index (χ1n) is 12.9. The van der Waals surface area contributed by atoms with Gasteiger partial charge in [0.05, 0.1) is 5.56 Å². The fourth-order valence-corrected chi connectivity index (χ4v) is 4.40. The first-order valence-corrected chi connectivity index (χ1v) is 12.9. The number of aromatic hydroxyl groups is 1. The summed E-state index contributed by atoms with van der Waals surface area (Å²) in [5, 5.41) is 45.0. The number of amides is 2. The minimum atomic E-state index is -1.43. The zero-order valence-corrected chi connectivity index (χ0v) is 22.0. The molecule has 15 nitrogen and oxygen atoms in total. The summed E-state index contributed by atoms with van der Waals surface area (Å²) in [6.45, 7) is 0. The molecule has 220 valence electrons. The van der Waals surface area contributed by atoms with Crippen LogP contribution in [-0.2, 0) is 32.0 Å². The topological polar surface area (TPSA) is 254 Å². The van der Waals surface area contributed by atoms with E-state index in [2.05, 4.69) is 25.9 Å². The molecule has 1 aromatic carbocycles. The molecule has 0 bridgehead atoms. The lowest BCUT2D eigenvalue weighted by Gasteiger charge is -2.16. The zero-order chi connectivity index (χ0) is 30.1. The number of carbonyl (C=O) groups excluding carboxylic acids is 2. The zero-order valence-electron chi connectivity index (χ0n) is 22.0. The van der Waals surface area contributed by atoms with Gasteiger partial charge in [-0.15, -0.1) is 0 Å². The first-order chi connectivity index (χ1) is 19.4. The van der Waals surface area contributed by atoms with Crippen molar-refractivity contribution in [3.05, 3.63) is 41.0 Å². The molecule has 1 aliphatic heterocycles. The number of anilines is 2. The highest BCUT2D eigenvalue weighted by Crippen LogP contribution is 2.32. The largest absolute Gasteiger partial charge is 0.493 e. The molecule has 2 aromatic rings. The Morgan fingerprint density at radius 3 is 2.22 bits per heavy atom. The molecule has 9 N–H and O–H groups in total. The van der Waals surface area contributed by atoms with Crippen LogP contribution in [0.15, 0.2) is 24.3 Å². The number of benzene rings is 1. The van der Waals surface area contributed by atoms with Crippen molar-refractivity contribution in [2.24, 2.45) is 0 Å². The average Bonchev–Trinajstić information content (AvgIpc) is 3.31. The number of rotatable bonds is 15. The Morgan fingerprint density at radius 2 is 1.59 bits per heavy atom. The number of fused-ring (bicyclic) bond motifs is 1. The maximum Gasteiger partial charge on any atom is 0.326 e. The van der Waals surface area contributed by atoms with Crippen molar-refractivity contribution < 1.29 is 44.4 Å². The highest BCUT2D eigenvalue weighted by molar-refractivity contribution is 5.96. The number of hydrogen-bond donors (Lipinski definition) is 8. The molecule has 0 fully saturated rings. The summed E-state index contributed by atoms with van der Waals surface area (Å²) in [5.41, 5.74) is 7.40. The molecular formula is C26H32N6O9. The number of nitrogen functional groups attached to an aromatic ring is 1. The van der Waals surface area contributed by atoms with Gasteiger partial charge in [0.1, 0.15) is 17.9 Å². The lowest BCUT2D eigenvalue weighted by Crippen LogP contribution is -2.44. The summed E-state index contributed by atoms with van der Waals surface area (Å²) in [5.74, 6) is -5.01. The van der Waals surface area contributed by atoms with Gasteiger partial charge in [-0.05, 0) is 49.8 Å². The number of nitrogens with zero attached hydrogens (tertiary/aromatic N) is 2. The molecule has 3 atom stereocenters. The number of carboxylic acid groups (broad SMARTS) is 3. The minimum absolute atomic E-state index is 0.00227. The van der Waals surface area contributed by atoms with Gasteiger partial charge in [-0.3, -0.25) is 14.4 Å². The number of aryl methyl sites for hydroxylation is 1. The van der Waals surface area contributed by atoms with E-state index in [1.807, 2.05) is 0 Å². The first kappa shape index (κ1) is 30.6. The van der Waals surface area contributed by atoms with Gasteiger partial charge in [-0.2, -0.15) is 9.97 Å². The van der Waals surface area contributed by atoms with Gasteiger partial charge in [-0.1, -0.05) is 12.1 Å². The second-order valence-corrected chi connectivity index (χ2v) is 9.66. The van der Waals surface area contributed by atoms with Crippen molar-refractivity contribution in [3.8, 4) is 5.88 Å². The van der Waals surface area contributed by atoms with Crippen LogP contribution in [0.5, 0.6) is 5.88 Å². The van der Waals surface area contributed by atoms with E-state index in [0.29, 0.717) is 24.2 Å². The van der Waals surface area contributed by atoms with Crippen molar-refractivity contribution in [1.29, 1.82) is 0 Å². The molecule has 3 rings (SSSR count). The quantitative estimate of drug-likeness (QED) is 0.145. The lowest BCUT2D eigenvalue weighted by atomic mass is 10.0. The van der Waals surface area contributed by atoms with E-state index in [-0.39, 0.29) is 36.3 Å². The standard InChI is InChI=1S/C26H32N6O9/c27-26-31-21-16(23(37)32-26)12-15(28-21)3-1-2-13-4-6-14(7-5-13)22(36)30-18(25(40)41)8-10-19(33)29-17(24(38)39)9-11-20(34)35/h4-7,15,17-18H,1-3,8-12H2,(H,29,33)(H,30,36)(H,34,35)(H,38,39)(H,40,41)(H4,27,28,31,32,37)/t15?,17-,18-/m0/s1. The van der Waals surface area contributed by atoms with E-state index < -0.39 is 54.6 Å². The summed E-state index contributed by atoms with van der Waals surface area (Å²) in [4.78, 5) is 66.1. The van der Waals surface area contributed by atoms with Crippen LogP contribution in [0.25, 0.3) is 0 Å². The van der Waals surface area contributed by atoms with E-state index in [0.717, 1.165) is 18.4 Å². The Kier molecular flexibility index (Phi) is 10.4. The minimum Gasteiger partial charge on any atom is -0.493 e. The van der Waals surface area contributed by atoms with Crippen LogP contribution in [0, 0.1) is 0 Å². The van der Waals surface area contributed by atoms with Crippen molar-refractivity contribution in [2.75, 3.05) is 11.1 Å². The fraction of sp³-hybridized carbons (Fsp3) is 0.423. The summed E-state index contributed by atoms with van der Waals surface area (Å²) in [6.07, 6.45) is 1.41. The second kappa shape index (κ2) is 13.9. The van der Waals surface area contributed by atoms with Gasteiger partial charge in [0.2, 0.25) is 17.7 Å². The third-order valence-corrected chi connectivity index (χ3v) is 6.57. The number of nitrogens with two attached hydrogens (primary N) is 1. The molecule has 0 saturated carbocycles. The Bertz CT molecular complexity index is 1300. The predicted molar refractivity (Wildman–Crippen MR) is 143 cm³/mol. The van der Waals surface area contributed by atoms with Gasteiger partial charge >= 0.3 is 17.9 Å². The van der Waals surface area contributed by atoms with Crippen molar-refractivity contribution in [3.63, 3.8) is 0 Å². The molecule has 1 unspecified atom stereocenters. The van der Waals surface area contributed by atoms with E-state index in [1.165, 1.54) is 0 Å². The molecule has 2 amide bonds. The highest BCUT2D eigenvalue weighted by atomic mass is 16.4. The molecule has 0 aliphatic carbocycles. The van der Waals surface area contributed by atoms with Crippen molar-refractivity contribution >= 4 is 41.5 Å². The molecule has 15 heteroatoms. The molecule has 0 spiro atoms. The highest BCUT2D eigenvalue weighted by Gasteiger charge is 2.26. The summed E-state index contributed by atoms with van der Waals surface area (Å²) in [7, 11) is 0. The van der Waals surface area contributed by atoms with Gasteiger partial charge in [0, 0.05) is 30.9 Å². The van der Waals surface area contributed by atoms with Crippen molar-refractivity contribution in [1.82, 2.24) is 20.6 Å². The van der Waals surface area contributed by atoms with Gasteiger partial charge in [-0.25, -0.2) is 9.59 Å². The fourth-order valence-electron chi connectivity index (χ4n) is 4.40. The number of carbonyl (C=O) groups is 5. The predicted octanol–water partition coefficient (Wildman–Crippen LogP) is 0.521. The van der Waals surface area contributed by atoms with Crippen LogP contribution in [0.2, 0.25) is 0 Å². The monoisotopic (exact) mass is 572 g/mol. The van der Waals surface area contributed by atoms with E-state index in [1.54, 1.807) is 24.3 Å². The van der Waals surface area contributed by atoms with Gasteiger partial charge in [0.25, 0.3) is 5.91 Å². The summed E-state index contributed by atoms with van der Waals surface area (Å²) >= 11 is 0. The normalized spacial score (nSPS) is 15.2. The maximum atomic E-state index is 12.6. The number of nitrogens with one attached hydrogen (secondary N) is 3. The Balaban J connectivity index is 1.44. The van der Waals surface area contributed by atoms with Gasteiger partial charge < -0.3 is 42.1 Å². The average molecular weight is 573 g/mol. The number of aromatic nitrogens is 2. The SMILES string of the molecule is Nc1nc(O)c2c(n1)NC(CCCc1ccc(C(=O)N[C@@H](CCC(=O)N[C@@H](CCC(=O)O)C(=O)O)C(=O)O)cc1)C2. The summed E-state index contributed by atoms with van der Waals surface area (Å²) < 4.78 is 0. The second-order valence-electron chi connectivity index (χ2n) is 9.66. The van der Waals surface area contributed by atoms with E-state index in [4.69, 9.17) is 15.9 Å². The molecule has 0 radical (unpaired) electrons. The maximum absolute atomic E-state index is 12.6. The molecule has 0 saturated heterocycles. The van der Waals surface area contributed by atoms with Crippen LogP contribution >= 0.6 is 0 Å². The Morgan fingerprint density at radius 1 is 0.951 bits per heavy atom. The van der Waals surface area contributed by atoms with Crippen LogP contribution in [0.4, 0.5) is 11.8 Å². The Hall–Kier alpha value is -4.95. The number of carboxylic acids is 3. The smallest absolute Gasteiger partial charge is 0.326 e. The van der Waals surface area contributed by atoms with Crippen LogP contribution < -0.4 is 21.7 Å². The third-order valence-electron chi connectivity index (χ3n) is 6.57. The van der Waals surface area contributed by atoms with E-state index >= 15 is 0 Å². The molecule has 41 heavy (non-hydrogen) atoms. The lowest BCUT2D eigenvalue weighted by molar-refractivity contribution is -0.143. The number of aliphatic carboxylic acids is 3.